The molecule has 1 aliphatic rings. The summed E-state index contributed by atoms with van der Waals surface area (Å²) in [6.45, 7) is -0.607. The van der Waals surface area contributed by atoms with Crippen molar-refractivity contribution >= 4 is 0 Å². The number of ether oxygens (including phenoxy) is 1. The van der Waals surface area contributed by atoms with E-state index in [0.29, 0.717) is 11.7 Å². The number of alkyl halides is 2. The molecule has 14 heavy (non-hydrogen) atoms. The summed E-state index contributed by atoms with van der Waals surface area (Å²) in [6.07, 6.45) is 1.81. The molecule has 0 heterocycles. The molecule has 0 radical (unpaired) electrons. The third-order valence-electron chi connectivity index (χ3n) is 2.57. The Bertz CT molecular complexity index is 336. The second-order valence-electron chi connectivity index (χ2n) is 3.79. The summed E-state index contributed by atoms with van der Waals surface area (Å²) in [6, 6.07) is 5.37. The molecule has 0 bridgehead atoms. The Balaban J connectivity index is 2.30. The zero-order valence-corrected chi connectivity index (χ0v) is 7.97. The van der Waals surface area contributed by atoms with Crippen LogP contribution < -0.4 is 4.74 Å². The summed E-state index contributed by atoms with van der Waals surface area (Å²) >= 11 is 0. The van der Waals surface area contributed by atoms with Gasteiger partial charge in [0.1, 0.15) is 5.75 Å². The Morgan fingerprint density at radius 1 is 1.36 bits per heavy atom. The molecule has 0 saturated carbocycles. The molecule has 1 unspecified atom stereocenters. The Morgan fingerprint density at radius 2 is 2.14 bits per heavy atom. The second kappa shape index (κ2) is 3.56. The monoisotopic (exact) mass is 198 g/mol. The highest BCUT2D eigenvalue weighted by atomic mass is 19.3. The van der Waals surface area contributed by atoms with Crippen LogP contribution in [0.2, 0.25) is 0 Å². The van der Waals surface area contributed by atoms with Gasteiger partial charge in [0, 0.05) is 0 Å². The maximum Gasteiger partial charge on any atom is 0.387 e. The summed E-state index contributed by atoms with van der Waals surface area (Å²) in [7, 11) is 0. The third kappa shape index (κ3) is 1.72. The van der Waals surface area contributed by atoms with Crippen LogP contribution >= 0.6 is 0 Å². The van der Waals surface area contributed by atoms with Gasteiger partial charge in [0.25, 0.3) is 0 Å². The highest BCUT2D eigenvalue weighted by molar-refractivity contribution is 5.43. The molecule has 0 amide bonds. The van der Waals surface area contributed by atoms with Crippen molar-refractivity contribution in [3.63, 3.8) is 0 Å². The first-order valence-corrected chi connectivity index (χ1v) is 4.72. The lowest BCUT2D eigenvalue weighted by molar-refractivity contribution is -0.0504. The minimum atomic E-state index is -2.72. The average Bonchev–Trinajstić information content (AvgIpc) is 2.45. The van der Waals surface area contributed by atoms with Crippen LogP contribution in [0.4, 0.5) is 8.78 Å². The van der Waals surface area contributed by atoms with Gasteiger partial charge in [-0.3, -0.25) is 0 Å². The SMILES string of the molecule is CC1Cc2cccc(OC(F)F)c2C1. The highest BCUT2D eigenvalue weighted by Crippen LogP contribution is 2.34. The quantitative estimate of drug-likeness (QED) is 0.709. The van der Waals surface area contributed by atoms with Crippen LogP contribution in [-0.4, -0.2) is 6.61 Å². The number of benzene rings is 1. The van der Waals surface area contributed by atoms with Crippen LogP contribution in [-0.2, 0) is 12.8 Å². The Morgan fingerprint density at radius 3 is 2.86 bits per heavy atom. The molecular formula is C11H12F2O. The summed E-state index contributed by atoms with van der Waals surface area (Å²) in [5, 5.41) is 0. The lowest BCUT2D eigenvalue weighted by atomic mass is 10.1. The summed E-state index contributed by atoms with van der Waals surface area (Å²) < 4.78 is 28.6. The van der Waals surface area contributed by atoms with Gasteiger partial charge in [-0.25, -0.2) is 0 Å². The molecule has 0 aliphatic heterocycles. The lowest BCUT2D eigenvalue weighted by Gasteiger charge is -2.09. The fourth-order valence-corrected chi connectivity index (χ4v) is 2.04. The molecule has 1 aromatic carbocycles. The Kier molecular flexibility index (Phi) is 2.40. The predicted octanol–water partition coefficient (Wildman–Crippen LogP) is 3.02. The number of rotatable bonds is 2. The van der Waals surface area contributed by atoms with E-state index in [2.05, 4.69) is 11.7 Å². The second-order valence-corrected chi connectivity index (χ2v) is 3.79. The van der Waals surface area contributed by atoms with Crippen molar-refractivity contribution in [2.45, 2.75) is 26.4 Å². The molecule has 3 heteroatoms. The normalized spacial score (nSPS) is 19.9. The van der Waals surface area contributed by atoms with E-state index >= 15 is 0 Å². The van der Waals surface area contributed by atoms with Crippen molar-refractivity contribution in [1.82, 2.24) is 0 Å². The average molecular weight is 198 g/mol. The van der Waals surface area contributed by atoms with Crippen molar-refractivity contribution in [1.29, 1.82) is 0 Å². The van der Waals surface area contributed by atoms with Gasteiger partial charge in [-0.15, -0.1) is 0 Å². The van der Waals surface area contributed by atoms with E-state index in [1.54, 1.807) is 12.1 Å². The first kappa shape index (κ1) is 9.44. The number of fused-ring (bicyclic) bond motifs is 1. The van der Waals surface area contributed by atoms with Gasteiger partial charge in [0.15, 0.2) is 0 Å². The smallest absolute Gasteiger partial charge is 0.387 e. The highest BCUT2D eigenvalue weighted by Gasteiger charge is 2.22. The van der Waals surface area contributed by atoms with E-state index in [1.807, 2.05) is 6.07 Å². The zero-order chi connectivity index (χ0) is 10.1. The van der Waals surface area contributed by atoms with Crippen LogP contribution in [0.15, 0.2) is 18.2 Å². The molecule has 0 aromatic heterocycles. The van der Waals surface area contributed by atoms with Gasteiger partial charge in [0.2, 0.25) is 0 Å². The van der Waals surface area contributed by atoms with E-state index < -0.39 is 6.61 Å². The predicted molar refractivity (Wildman–Crippen MR) is 49.6 cm³/mol. The first-order valence-electron chi connectivity index (χ1n) is 4.72. The Hall–Kier alpha value is -1.12. The van der Waals surface area contributed by atoms with E-state index in [9.17, 15) is 8.78 Å². The molecule has 76 valence electrons. The van der Waals surface area contributed by atoms with E-state index in [1.165, 1.54) is 0 Å². The summed E-state index contributed by atoms with van der Waals surface area (Å²) in [5.74, 6) is 0.884. The van der Waals surface area contributed by atoms with E-state index in [4.69, 9.17) is 0 Å². The van der Waals surface area contributed by atoms with Crippen molar-refractivity contribution in [3.05, 3.63) is 29.3 Å². The minimum absolute atomic E-state index is 0.349. The number of hydrogen-bond donors (Lipinski definition) is 0. The Labute approximate surface area is 81.7 Å². The summed E-state index contributed by atoms with van der Waals surface area (Å²) in [5.41, 5.74) is 2.11. The fourth-order valence-electron chi connectivity index (χ4n) is 2.04. The molecule has 1 aliphatic carbocycles. The van der Waals surface area contributed by atoms with Crippen molar-refractivity contribution in [2.75, 3.05) is 0 Å². The zero-order valence-electron chi connectivity index (χ0n) is 7.97. The topological polar surface area (TPSA) is 9.23 Å². The molecule has 1 nitrogen and oxygen atoms in total. The molecule has 1 atom stereocenters. The van der Waals surface area contributed by atoms with Gasteiger partial charge in [-0.05, 0) is 36.0 Å². The van der Waals surface area contributed by atoms with Gasteiger partial charge in [0.05, 0.1) is 0 Å². The number of hydrogen-bond acceptors (Lipinski definition) is 1. The molecule has 0 N–H and O–H groups in total. The fraction of sp³-hybridized carbons (Fsp3) is 0.455. The van der Waals surface area contributed by atoms with Crippen LogP contribution in [0.25, 0.3) is 0 Å². The molecular weight excluding hydrogens is 186 g/mol. The van der Waals surface area contributed by atoms with Crippen LogP contribution in [0, 0.1) is 5.92 Å². The van der Waals surface area contributed by atoms with Crippen LogP contribution in [0.5, 0.6) is 5.75 Å². The van der Waals surface area contributed by atoms with Crippen molar-refractivity contribution in [2.24, 2.45) is 5.92 Å². The maximum atomic E-state index is 12.1. The molecule has 0 saturated heterocycles. The molecule has 0 fully saturated rings. The maximum absolute atomic E-state index is 12.1. The van der Waals surface area contributed by atoms with Crippen LogP contribution in [0.3, 0.4) is 0 Å². The van der Waals surface area contributed by atoms with Gasteiger partial charge < -0.3 is 4.74 Å². The number of halogens is 2. The van der Waals surface area contributed by atoms with Gasteiger partial charge in [-0.2, -0.15) is 8.78 Å². The van der Waals surface area contributed by atoms with Crippen molar-refractivity contribution < 1.29 is 13.5 Å². The summed E-state index contributed by atoms with van der Waals surface area (Å²) in [4.78, 5) is 0. The molecule has 1 aromatic rings. The minimum Gasteiger partial charge on any atom is -0.435 e. The van der Waals surface area contributed by atoms with Gasteiger partial charge >= 0.3 is 6.61 Å². The van der Waals surface area contributed by atoms with E-state index in [0.717, 1.165) is 24.0 Å². The molecule has 2 rings (SSSR count). The van der Waals surface area contributed by atoms with Crippen LogP contribution in [0.1, 0.15) is 18.1 Å². The first-order chi connectivity index (χ1) is 6.66. The standard InChI is InChI=1S/C11H12F2O/c1-7-5-8-3-2-4-10(9(8)6-7)14-11(12)13/h2-4,7,11H,5-6H2,1H3. The molecule has 0 spiro atoms. The largest absolute Gasteiger partial charge is 0.435 e. The van der Waals surface area contributed by atoms with Gasteiger partial charge in [-0.1, -0.05) is 19.1 Å². The third-order valence-corrected chi connectivity index (χ3v) is 2.57. The van der Waals surface area contributed by atoms with Crippen molar-refractivity contribution in [3.8, 4) is 5.75 Å². The van der Waals surface area contributed by atoms with E-state index in [-0.39, 0.29) is 0 Å². The lowest BCUT2D eigenvalue weighted by Crippen LogP contribution is -2.04.